The van der Waals surface area contributed by atoms with Crippen LogP contribution in [0.1, 0.15) is 47.5 Å². The Bertz CT molecular complexity index is 1660. The Kier molecular flexibility index (Phi) is 7.89. The maximum atomic E-state index is 13.8. The Labute approximate surface area is 256 Å². The van der Waals surface area contributed by atoms with Crippen LogP contribution in [0.2, 0.25) is 5.15 Å². The van der Waals surface area contributed by atoms with E-state index in [-0.39, 0.29) is 47.1 Å². The van der Waals surface area contributed by atoms with Crippen LogP contribution in [-0.2, 0) is 16.9 Å². The minimum absolute atomic E-state index is 0.00443. The van der Waals surface area contributed by atoms with Gasteiger partial charge >= 0.3 is 6.09 Å². The van der Waals surface area contributed by atoms with Gasteiger partial charge in [0.2, 0.25) is 11.8 Å². The molecule has 14 heteroatoms. The molecule has 44 heavy (non-hydrogen) atoms. The van der Waals surface area contributed by atoms with E-state index in [9.17, 15) is 18.4 Å². The van der Waals surface area contributed by atoms with Crippen LogP contribution in [-0.4, -0.2) is 60.8 Å². The Morgan fingerprint density at radius 3 is 2.48 bits per heavy atom. The number of aromatic nitrogens is 5. The second-order valence-electron chi connectivity index (χ2n) is 11.2. The van der Waals surface area contributed by atoms with Crippen molar-refractivity contribution in [3.05, 3.63) is 94.7 Å². The van der Waals surface area contributed by atoms with Crippen LogP contribution >= 0.6 is 11.6 Å². The van der Waals surface area contributed by atoms with Crippen LogP contribution in [0.5, 0.6) is 5.88 Å². The number of piperidine rings is 1. The van der Waals surface area contributed by atoms with Gasteiger partial charge in [0.05, 0.1) is 11.1 Å². The third-order valence-corrected chi connectivity index (χ3v) is 7.91. The maximum absolute atomic E-state index is 13.8. The molecule has 6 rings (SSSR count). The standard InChI is InChI=1S/C30H28ClF2N7O4/c1-30(2,37-29(42)43-16-17-7-4-3-5-8-17)18-11-22(31)36-23(12-18)44-25-19-13-39(14-20(19)25)27(41)21-15-40(38-24(21)26(32)33)28-34-9-6-10-35-28/h3-12,15,19-20,25-26H,13-14,16H2,1-2H3,(H,37,42)/t19-,20+,25?. The summed E-state index contributed by atoms with van der Waals surface area (Å²) in [5, 5.41) is 6.90. The number of rotatable bonds is 9. The molecule has 2 aliphatic rings. The Balaban J connectivity index is 1.07. The number of hydrogen-bond donors (Lipinski definition) is 1. The number of nitrogens with one attached hydrogen (secondary N) is 1. The number of nitrogens with zero attached hydrogens (tertiary/aromatic N) is 6. The SMILES string of the molecule is CC(C)(NC(=O)OCc1ccccc1)c1cc(Cl)nc(OC2[C@H]3CN(C(=O)c4cn(-c5ncccn5)nc4C(F)F)C[C@@H]23)c1. The van der Waals surface area contributed by atoms with Gasteiger partial charge in [0.1, 0.15) is 23.6 Å². The second kappa shape index (κ2) is 11.8. The molecular formula is C30H28ClF2N7O4. The summed E-state index contributed by atoms with van der Waals surface area (Å²) in [7, 11) is 0. The van der Waals surface area contributed by atoms with Gasteiger partial charge in [0.25, 0.3) is 12.3 Å². The summed E-state index contributed by atoms with van der Waals surface area (Å²) in [6, 6.07) is 14.3. The van der Waals surface area contributed by atoms with E-state index in [2.05, 4.69) is 25.4 Å². The molecule has 3 atom stereocenters. The third-order valence-electron chi connectivity index (χ3n) is 7.72. The molecule has 0 spiro atoms. The number of ether oxygens (including phenoxy) is 2. The molecule has 1 aliphatic heterocycles. The summed E-state index contributed by atoms with van der Waals surface area (Å²) in [6.45, 7) is 4.41. The number of amides is 2. The zero-order valence-electron chi connectivity index (χ0n) is 23.7. The van der Waals surface area contributed by atoms with Crippen LogP contribution in [0.25, 0.3) is 5.95 Å². The van der Waals surface area contributed by atoms with Gasteiger partial charge in [-0.3, -0.25) is 4.79 Å². The van der Waals surface area contributed by atoms with Gasteiger partial charge in [-0.1, -0.05) is 41.9 Å². The van der Waals surface area contributed by atoms with Crippen LogP contribution < -0.4 is 10.1 Å². The van der Waals surface area contributed by atoms with Gasteiger partial charge in [-0.2, -0.15) is 5.10 Å². The Morgan fingerprint density at radius 2 is 1.80 bits per heavy atom. The van der Waals surface area contributed by atoms with Crippen molar-refractivity contribution in [2.45, 2.75) is 38.5 Å². The molecule has 1 N–H and O–H groups in total. The summed E-state index contributed by atoms with van der Waals surface area (Å²) in [5.41, 5.74) is -0.148. The quantitative estimate of drug-likeness (QED) is 0.260. The lowest BCUT2D eigenvalue weighted by Gasteiger charge is -2.27. The molecule has 1 saturated heterocycles. The van der Waals surface area contributed by atoms with E-state index in [0.717, 1.165) is 10.2 Å². The van der Waals surface area contributed by atoms with Gasteiger partial charge < -0.3 is 19.7 Å². The largest absolute Gasteiger partial charge is 0.474 e. The number of pyridine rings is 1. The Hall–Kier alpha value is -4.65. The van der Waals surface area contributed by atoms with Crippen molar-refractivity contribution in [1.82, 2.24) is 34.9 Å². The second-order valence-corrected chi connectivity index (χ2v) is 11.6. The maximum Gasteiger partial charge on any atom is 0.408 e. The van der Waals surface area contributed by atoms with Crippen LogP contribution in [0.15, 0.2) is 67.1 Å². The van der Waals surface area contributed by atoms with Crippen molar-refractivity contribution in [2.75, 3.05) is 13.1 Å². The van der Waals surface area contributed by atoms with Gasteiger partial charge in [0.15, 0.2) is 0 Å². The lowest BCUT2D eigenvalue weighted by molar-refractivity contribution is 0.0739. The number of benzene rings is 1. The first-order valence-corrected chi connectivity index (χ1v) is 14.2. The molecule has 1 aliphatic carbocycles. The number of fused-ring (bicyclic) bond motifs is 1. The number of halogens is 3. The fraction of sp³-hybridized carbons (Fsp3) is 0.333. The fourth-order valence-electron chi connectivity index (χ4n) is 5.33. The summed E-state index contributed by atoms with van der Waals surface area (Å²) in [6.07, 6.45) is 0.393. The monoisotopic (exact) mass is 623 g/mol. The van der Waals surface area contributed by atoms with E-state index in [1.807, 2.05) is 30.3 Å². The van der Waals surface area contributed by atoms with E-state index in [4.69, 9.17) is 21.1 Å². The predicted octanol–water partition coefficient (Wildman–Crippen LogP) is 4.96. The lowest BCUT2D eigenvalue weighted by Crippen LogP contribution is -2.41. The number of alkyl halides is 2. The van der Waals surface area contributed by atoms with Crippen molar-refractivity contribution in [2.24, 2.45) is 11.8 Å². The predicted molar refractivity (Wildman–Crippen MR) is 153 cm³/mol. The van der Waals surface area contributed by atoms with Crippen LogP contribution in [0.3, 0.4) is 0 Å². The molecule has 2 fully saturated rings. The smallest absolute Gasteiger partial charge is 0.408 e. The number of likely N-dealkylation sites (tertiary alicyclic amines) is 1. The first kappa shape index (κ1) is 29.4. The number of carbonyl (C=O) groups is 2. The van der Waals surface area contributed by atoms with Crippen LogP contribution in [0, 0.1) is 11.8 Å². The average Bonchev–Trinajstić information content (AvgIpc) is 3.35. The van der Waals surface area contributed by atoms with E-state index in [1.165, 1.54) is 23.5 Å². The molecule has 228 valence electrons. The summed E-state index contributed by atoms with van der Waals surface area (Å²) < 4.78 is 40.1. The minimum atomic E-state index is -2.94. The third kappa shape index (κ3) is 6.18. The molecule has 1 saturated carbocycles. The van der Waals surface area contributed by atoms with Crippen molar-refractivity contribution >= 4 is 23.6 Å². The molecule has 4 aromatic rings. The van der Waals surface area contributed by atoms with E-state index in [0.29, 0.717) is 18.7 Å². The Morgan fingerprint density at radius 1 is 1.09 bits per heavy atom. The first-order valence-electron chi connectivity index (χ1n) is 13.9. The summed E-state index contributed by atoms with van der Waals surface area (Å²) >= 11 is 6.31. The number of carbonyl (C=O) groups excluding carboxylic acids is 2. The normalized spacial score (nSPS) is 19.0. The molecular weight excluding hydrogens is 596 g/mol. The van der Waals surface area contributed by atoms with E-state index in [1.54, 1.807) is 32.0 Å². The molecule has 11 nitrogen and oxygen atoms in total. The molecule has 4 heterocycles. The lowest BCUT2D eigenvalue weighted by atomic mass is 9.95. The van der Waals surface area contributed by atoms with Crippen molar-refractivity contribution in [3.8, 4) is 11.8 Å². The summed E-state index contributed by atoms with van der Waals surface area (Å²) in [4.78, 5) is 39.6. The van der Waals surface area contributed by atoms with Crippen molar-refractivity contribution < 1.29 is 27.8 Å². The minimum Gasteiger partial charge on any atom is -0.474 e. The molecule has 1 aromatic carbocycles. The van der Waals surface area contributed by atoms with E-state index < -0.39 is 29.7 Å². The van der Waals surface area contributed by atoms with Crippen molar-refractivity contribution in [3.63, 3.8) is 0 Å². The highest BCUT2D eigenvalue weighted by Crippen LogP contribution is 2.48. The van der Waals surface area contributed by atoms with E-state index >= 15 is 0 Å². The van der Waals surface area contributed by atoms with Gasteiger partial charge in [-0.15, -0.1) is 0 Å². The first-order chi connectivity index (χ1) is 21.1. The molecule has 3 aromatic heterocycles. The average molecular weight is 624 g/mol. The highest BCUT2D eigenvalue weighted by molar-refractivity contribution is 6.29. The topological polar surface area (TPSA) is 124 Å². The number of alkyl carbamates (subject to hydrolysis) is 1. The fourth-order valence-corrected chi connectivity index (χ4v) is 5.53. The summed E-state index contributed by atoms with van der Waals surface area (Å²) in [5.74, 6) is -0.165. The van der Waals surface area contributed by atoms with Gasteiger partial charge in [-0.05, 0) is 37.1 Å². The molecule has 1 unspecified atom stereocenters. The zero-order chi connectivity index (χ0) is 31.0. The van der Waals surface area contributed by atoms with Crippen molar-refractivity contribution in [1.29, 1.82) is 0 Å². The molecule has 2 amide bonds. The number of hydrogen-bond acceptors (Lipinski definition) is 8. The zero-order valence-corrected chi connectivity index (χ0v) is 24.5. The highest BCUT2D eigenvalue weighted by atomic mass is 35.5. The highest BCUT2D eigenvalue weighted by Gasteiger charge is 2.59. The van der Waals surface area contributed by atoms with Gasteiger partial charge in [0, 0.05) is 49.6 Å². The molecule has 0 radical (unpaired) electrons. The molecule has 0 bridgehead atoms. The van der Waals surface area contributed by atoms with Gasteiger partial charge in [-0.25, -0.2) is 33.2 Å². The van der Waals surface area contributed by atoms with Crippen LogP contribution in [0.4, 0.5) is 13.6 Å².